The van der Waals surface area contributed by atoms with E-state index in [1.807, 2.05) is 61.0 Å². The Morgan fingerprint density at radius 1 is 1.00 bits per heavy atom. The molecule has 172 valence electrons. The van der Waals surface area contributed by atoms with Crippen molar-refractivity contribution in [3.8, 4) is 22.5 Å². The van der Waals surface area contributed by atoms with Gasteiger partial charge in [0.05, 0.1) is 16.2 Å². The number of aryl methyl sites for hydroxylation is 1. The number of benzene rings is 3. The molecule has 2 aromatic rings. The molecule has 1 aliphatic carbocycles. The molecule has 2 aromatic carbocycles. The Balaban J connectivity index is 1.89. The maximum atomic E-state index is 10.9. The third-order valence-corrected chi connectivity index (χ3v) is 6.74. The average molecular weight is 465 g/mol. The van der Waals surface area contributed by atoms with Crippen molar-refractivity contribution in [3.63, 3.8) is 0 Å². The van der Waals surface area contributed by atoms with Gasteiger partial charge >= 0.3 is 0 Å². The Hall–Kier alpha value is -3.16. The zero-order valence-electron chi connectivity index (χ0n) is 19.3. The summed E-state index contributed by atoms with van der Waals surface area (Å²) < 4.78 is 41.2. The van der Waals surface area contributed by atoms with E-state index in [2.05, 4.69) is 37.3 Å². The molecular weight excluding hydrogens is 436 g/mol. The molecule has 4 rings (SSSR count). The largest absolute Gasteiger partial charge is 0.748 e. The summed E-state index contributed by atoms with van der Waals surface area (Å²) in [6.45, 7) is 2.56. The molecule has 7 heteroatoms. The molecule has 0 saturated heterocycles. The molecule has 0 bridgehead atoms. The summed E-state index contributed by atoms with van der Waals surface area (Å²) in [5.41, 5.74) is 6.15. The van der Waals surface area contributed by atoms with Crippen molar-refractivity contribution >= 4 is 26.8 Å². The molecule has 33 heavy (non-hydrogen) atoms. The van der Waals surface area contributed by atoms with Gasteiger partial charge in [-0.2, -0.15) is 0 Å². The number of anilines is 1. The molecule has 0 fully saturated rings. The van der Waals surface area contributed by atoms with Crippen molar-refractivity contribution in [1.29, 1.82) is 0 Å². The fraction of sp³-hybridized carbons (Fsp3) is 0.269. The van der Waals surface area contributed by atoms with Gasteiger partial charge in [-0.1, -0.05) is 24.3 Å². The molecule has 1 heterocycles. The van der Waals surface area contributed by atoms with Crippen LogP contribution in [0, 0.1) is 6.92 Å². The summed E-state index contributed by atoms with van der Waals surface area (Å²) >= 11 is 0. The SMILES string of the molecule is Cc1ccccc1-c1c2ccc(=[N+](C)C)cc-2oc2cc(N(C)CCCS(=O)(=O)[O-])ccc12. The van der Waals surface area contributed by atoms with E-state index in [1.54, 1.807) is 0 Å². The molecule has 0 atom stereocenters. The highest BCUT2D eigenvalue weighted by Crippen LogP contribution is 2.41. The van der Waals surface area contributed by atoms with Crippen LogP contribution in [0.5, 0.6) is 0 Å². The van der Waals surface area contributed by atoms with Gasteiger partial charge in [-0.25, -0.2) is 13.0 Å². The van der Waals surface area contributed by atoms with E-state index in [9.17, 15) is 13.0 Å². The van der Waals surface area contributed by atoms with Crippen LogP contribution < -0.4 is 14.8 Å². The van der Waals surface area contributed by atoms with Crippen LogP contribution in [0.25, 0.3) is 33.4 Å². The van der Waals surface area contributed by atoms with Crippen LogP contribution in [-0.2, 0) is 10.1 Å². The second kappa shape index (κ2) is 9.00. The maximum absolute atomic E-state index is 10.9. The first kappa shape index (κ1) is 23.0. The number of rotatable bonds is 6. The summed E-state index contributed by atoms with van der Waals surface area (Å²) in [5.74, 6) is 0.425. The Morgan fingerprint density at radius 3 is 2.45 bits per heavy atom. The standard InChI is InChI=1S/C26H28N2O4S/c1-18-8-5-6-9-21(18)26-22-12-10-19(27(2)3)16-24(22)32-25-17-20(11-13-23(25)26)28(4)14-7-15-33(29,30)31/h5-6,8-13,16-17H,7,14-15H2,1-4H3. The Bertz CT molecular complexity index is 1470. The molecule has 0 radical (unpaired) electrons. The average Bonchev–Trinajstić information content (AvgIpc) is 2.76. The number of hydrogen-bond donors (Lipinski definition) is 0. The molecule has 0 aromatic heterocycles. The first-order chi connectivity index (χ1) is 15.6. The summed E-state index contributed by atoms with van der Waals surface area (Å²) in [6.07, 6.45) is 0.274. The van der Waals surface area contributed by atoms with Crippen LogP contribution in [-0.4, -0.2) is 46.4 Å². The summed E-state index contributed by atoms with van der Waals surface area (Å²) in [4.78, 5) is 1.94. The second-order valence-corrected chi connectivity index (χ2v) is 10.1. The Morgan fingerprint density at radius 2 is 1.76 bits per heavy atom. The van der Waals surface area contributed by atoms with Crippen LogP contribution in [0.1, 0.15) is 12.0 Å². The molecular formula is C26H28N2O4S. The molecule has 0 saturated carbocycles. The van der Waals surface area contributed by atoms with Crippen molar-refractivity contribution in [1.82, 2.24) is 4.58 Å². The third kappa shape index (κ3) is 4.94. The van der Waals surface area contributed by atoms with E-state index >= 15 is 0 Å². The minimum absolute atomic E-state index is 0.274. The predicted molar refractivity (Wildman–Crippen MR) is 133 cm³/mol. The zero-order chi connectivity index (χ0) is 23.8. The topological polar surface area (TPSA) is 76.6 Å². The van der Waals surface area contributed by atoms with E-state index in [4.69, 9.17) is 4.42 Å². The van der Waals surface area contributed by atoms with Crippen molar-refractivity contribution < 1.29 is 17.4 Å². The van der Waals surface area contributed by atoms with Crippen molar-refractivity contribution in [2.45, 2.75) is 13.3 Å². The fourth-order valence-electron chi connectivity index (χ4n) is 4.13. The van der Waals surface area contributed by atoms with Gasteiger partial charge < -0.3 is 13.9 Å². The van der Waals surface area contributed by atoms with Crippen LogP contribution in [0.15, 0.2) is 65.1 Å². The monoisotopic (exact) mass is 464 g/mol. The van der Waals surface area contributed by atoms with Crippen LogP contribution in [0.4, 0.5) is 5.69 Å². The molecule has 6 nitrogen and oxygen atoms in total. The van der Waals surface area contributed by atoms with E-state index in [1.165, 1.54) is 5.56 Å². The van der Waals surface area contributed by atoms with Crippen LogP contribution >= 0.6 is 0 Å². The quantitative estimate of drug-likeness (QED) is 0.246. The normalized spacial score (nSPS) is 11.8. The highest BCUT2D eigenvalue weighted by atomic mass is 32.2. The molecule has 0 unspecified atom stereocenters. The van der Waals surface area contributed by atoms with E-state index < -0.39 is 10.1 Å². The van der Waals surface area contributed by atoms with E-state index in [0.717, 1.165) is 44.5 Å². The fourth-order valence-corrected chi connectivity index (χ4v) is 4.62. The lowest BCUT2D eigenvalue weighted by atomic mass is 9.91. The predicted octanol–water partition coefficient (Wildman–Crippen LogP) is 3.92. The molecule has 0 spiro atoms. The first-order valence-electron chi connectivity index (χ1n) is 10.9. The Labute approximate surface area is 194 Å². The third-order valence-electron chi connectivity index (χ3n) is 5.95. The second-order valence-electron chi connectivity index (χ2n) is 8.58. The lowest BCUT2D eigenvalue weighted by molar-refractivity contribution is 0.461. The van der Waals surface area contributed by atoms with Gasteiger partial charge in [0, 0.05) is 53.7 Å². The van der Waals surface area contributed by atoms with Crippen molar-refractivity contribution in [2.75, 3.05) is 38.3 Å². The molecule has 0 N–H and O–H groups in total. The van der Waals surface area contributed by atoms with Gasteiger partial charge in [-0.3, -0.25) is 0 Å². The lowest BCUT2D eigenvalue weighted by Gasteiger charge is -2.21. The molecule has 2 aliphatic rings. The summed E-state index contributed by atoms with van der Waals surface area (Å²) in [7, 11) is 1.67. The number of fused-ring (bicyclic) bond motifs is 2. The van der Waals surface area contributed by atoms with Gasteiger partial charge in [0.1, 0.15) is 25.4 Å². The van der Waals surface area contributed by atoms with Gasteiger partial charge in [-0.15, -0.1) is 0 Å². The highest BCUT2D eigenvalue weighted by molar-refractivity contribution is 7.85. The van der Waals surface area contributed by atoms with Crippen LogP contribution in [0.3, 0.4) is 0 Å². The van der Waals surface area contributed by atoms with Gasteiger partial charge in [0.2, 0.25) is 5.36 Å². The minimum Gasteiger partial charge on any atom is -0.748 e. The zero-order valence-corrected chi connectivity index (χ0v) is 20.1. The number of hydrogen-bond acceptors (Lipinski definition) is 5. The molecule has 1 aliphatic heterocycles. The Kier molecular flexibility index (Phi) is 6.28. The maximum Gasteiger partial charge on any atom is 0.203 e. The summed E-state index contributed by atoms with van der Waals surface area (Å²) in [6, 6.07) is 20.6. The van der Waals surface area contributed by atoms with Crippen LogP contribution in [0.2, 0.25) is 0 Å². The lowest BCUT2D eigenvalue weighted by Crippen LogP contribution is -2.21. The van der Waals surface area contributed by atoms with Crippen molar-refractivity contribution in [2.24, 2.45) is 0 Å². The first-order valence-corrected chi connectivity index (χ1v) is 12.4. The van der Waals surface area contributed by atoms with Gasteiger partial charge in [0.25, 0.3) is 0 Å². The smallest absolute Gasteiger partial charge is 0.203 e. The van der Waals surface area contributed by atoms with Gasteiger partial charge in [0.15, 0.2) is 0 Å². The highest BCUT2D eigenvalue weighted by Gasteiger charge is 2.19. The number of nitrogens with zero attached hydrogens (tertiary/aromatic N) is 2. The van der Waals surface area contributed by atoms with E-state index in [-0.39, 0.29) is 12.2 Å². The molecule has 0 amide bonds. The van der Waals surface area contributed by atoms with Gasteiger partial charge in [-0.05, 0) is 42.7 Å². The minimum atomic E-state index is -4.21. The summed E-state index contributed by atoms with van der Waals surface area (Å²) in [5, 5.41) is 2.06. The van der Waals surface area contributed by atoms with E-state index in [0.29, 0.717) is 6.54 Å². The van der Waals surface area contributed by atoms with Crippen molar-refractivity contribution in [3.05, 3.63) is 71.6 Å².